The first-order valence-electron chi connectivity index (χ1n) is 8.29. The van der Waals surface area contributed by atoms with E-state index in [-0.39, 0.29) is 0 Å². The van der Waals surface area contributed by atoms with E-state index in [2.05, 4.69) is 54.8 Å². The molecular formula is C17H32N4. The molecule has 0 radical (unpaired) electrons. The zero-order chi connectivity index (χ0) is 15.7. The first kappa shape index (κ1) is 17.9. The molecule has 0 aliphatic carbocycles. The Labute approximate surface area is 130 Å². The summed E-state index contributed by atoms with van der Waals surface area (Å²) in [5.41, 5.74) is 1.01. The zero-order valence-corrected chi connectivity index (χ0v) is 14.4. The van der Waals surface area contributed by atoms with Crippen molar-refractivity contribution in [3.05, 3.63) is 18.1 Å². The molecule has 0 fully saturated rings. The molecule has 1 heterocycles. The van der Waals surface area contributed by atoms with Gasteiger partial charge in [-0.05, 0) is 31.2 Å². The smallest absolute Gasteiger partial charge is 0.147 e. The van der Waals surface area contributed by atoms with Crippen LogP contribution in [-0.4, -0.2) is 29.6 Å². The van der Waals surface area contributed by atoms with Crippen molar-refractivity contribution in [1.82, 2.24) is 15.3 Å². The molecule has 0 amide bonds. The minimum atomic E-state index is 0.715. The molecule has 1 aromatic rings. The fourth-order valence-electron chi connectivity index (χ4n) is 2.02. The normalized spacial score (nSPS) is 11.4. The van der Waals surface area contributed by atoms with Gasteiger partial charge in [0.2, 0.25) is 0 Å². The summed E-state index contributed by atoms with van der Waals surface area (Å²) >= 11 is 0. The van der Waals surface area contributed by atoms with Crippen LogP contribution < -0.4 is 10.2 Å². The lowest BCUT2D eigenvalue weighted by Gasteiger charge is -2.25. The summed E-state index contributed by atoms with van der Waals surface area (Å²) < 4.78 is 0. The third kappa shape index (κ3) is 7.42. The van der Waals surface area contributed by atoms with Gasteiger partial charge in [-0.3, -0.25) is 4.98 Å². The Balaban J connectivity index is 2.66. The minimum absolute atomic E-state index is 0.715. The summed E-state index contributed by atoms with van der Waals surface area (Å²) in [6.07, 6.45) is 6.21. The van der Waals surface area contributed by atoms with E-state index in [4.69, 9.17) is 0 Å². The summed E-state index contributed by atoms with van der Waals surface area (Å²) in [6.45, 7) is 15.0. The summed E-state index contributed by atoms with van der Waals surface area (Å²) in [5, 5.41) is 3.28. The van der Waals surface area contributed by atoms with Crippen molar-refractivity contribution >= 4 is 5.82 Å². The maximum atomic E-state index is 4.61. The van der Waals surface area contributed by atoms with Gasteiger partial charge in [0.15, 0.2) is 0 Å². The van der Waals surface area contributed by atoms with Crippen molar-refractivity contribution in [3.63, 3.8) is 0 Å². The fourth-order valence-corrected chi connectivity index (χ4v) is 2.02. The number of rotatable bonds is 10. The molecule has 0 aromatic carbocycles. The highest BCUT2D eigenvalue weighted by molar-refractivity contribution is 5.35. The minimum Gasteiger partial charge on any atom is -0.355 e. The largest absolute Gasteiger partial charge is 0.355 e. The van der Waals surface area contributed by atoms with Crippen LogP contribution in [0.1, 0.15) is 53.2 Å². The fraction of sp³-hybridized carbons (Fsp3) is 0.765. The Hall–Kier alpha value is -1.16. The van der Waals surface area contributed by atoms with Crippen LogP contribution in [0.15, 0.2) is 12.4 Å². The van der Waals surface area contributed by atoms with E-state index >= 15 is 0 Å². The SMILES string of the molecule is CCNCc1cnc(N(CCC(C)C)CCC(C)C)cn1. The lowest BCUT2D eigenvalue weighted by molar-refractivity contribution is 0.532. The molecule has 120 valence electrons. The number of nitrogens with zero attached hydrogens (tertiary/aromatic N) is 3. The Bertz CT molecular complexity index is 361. The van der Waals surface area contributed by atoms with Gasteiger partial charge in [-0.25, -0.2) is 4.98 Å². The van der Waals surface area contributed by atoms with Crippen LogP contribution in [0.5, 0.6) is 0 Å². The molecule has 21 heavy (non-hydrogen) atoms. The Morgan fingerprint density at radius 1 is 1.00 bits per heavy atom. The lowest BCUT2D eigenvalue weighted by atomic mass is 10.1. The Morgan fingerprint density at radius 3 is 2.05 bits per heavy atom. The number of anilines is 1. The van der Waals surface area contributed by atoms with Gasteiger partial charge in [0.25, 0.3) is 0 Å². The summed E-state index contributed by atoms with van der Waals surface area (Å²) in [4.78, 5) is 11.5. The van der Waals surface area contributed by atoms with Crippen LogP contribution in [0.3, 0.4) is 0 Å². The van der Waals surface area contributed by atoms with Crippen molar-refractivity contribution in [2.75, 3.05) is 24.5 Å². The van der Waals surface area contributed by atoms with Crippen LogP contribution in [0.2, 0.25) is 0 Å². The molecule has 0 unspecified atom stereocenters. The summed E-state index contributed by atoms with van der Waals surface area (Å²) in [5.74, 6) is 2.44. The summed E-state index contributed by atoms with van der Waals surface area (Å²) in [7, 11) is 0. The molecule has 0 bridgehead atoms. The van der Waals surface area contributed by atoms with E-state index in [0.29, 0.717) is 11.8 Å². The number of hydrogen-bond acceptors (Lipinski definition) is 4. The van der Waals surface area contributed by atoms with Crippen molar-refractivity contribution < 1.29 is 0 Å². The Kier molecular flexibility index (Phi) is 8.28. The zero-order valence-electron chi connectivity index (χ0n) is 14.4. The van der Waals surface area contributed by atoms with E-state index in [9.17, 15) is 0 Å². The van der Waals surface area contributed by atoms with Gasteiger partial charge in [0.05, 0.1) is 18.1 Å². The van der Waals surface area contributed by atoms with E-state index in [1.807, 2.05) is 12.4 Å². The predicted octanol–water partition coefficient (Wildman–Crippen LogP) is 3.48. The van der Waals surface area contributed by atoms with Crippen molar-refractivity contribution in [2.45, 2.75) is 54.0 Å². The third-order valence-corrected chi connectivity index (χ3v) is 3.52. The summed E-state index contributed by atoms with van der Waals surface area (Å²) in [6, 6.07) is 0. The standard InChI is InChI=1S/C17H32N4/c1-6-18-11-16-12-20-17(13-19-16)21(9-7-14(2)3)10-8-15(4)5/h12-15,18H,6-11H2,1-5H3. The molecule has 4 heteroatoms. The topological polar surface area (TPSA) is 41.1 Å². The molecule has 0 spiro atoms. The molecule has 0 aliphatic rings. The van der Waals surface area contributed by atoms with Crippen LogP contribution >= 0.6 is 0 Å². The van der Waals surface area contributed by atoms with Crippen LogP contribution in [-0.2, 0) is 6.54 Å². The highest BCUT2D eigenvalue weighted by Crippen LogP contribution is 2.14. The Morgan fingerprint density at radius 2 is 1.62 bits per heavy atom. The highest BCUT2D eigenvalue weighted by Gasteiger charge is 2.10. The molecule has 0 aliphatic heterocycles. The van der Waals surface area contributed by atoms with Gasteiger partial charge < -0.3 is 10.2 Å². The van der Waals surface area contributed by atoms with E-state index in [1.165, 1.54) is 12.8 Å². The number of aromatic nitrogens is 2. The van der Waals surface area contributed by atoms with Gasteiger partial charge in [0, 0.05) is 19.6 Å². The van der Waals surface area contributed by atoms with E-state index in [1.54, 1.807) is 0 Å². The maximum Gasteiger partial charge on any atom is 0.147 e. The predicted molar refractivity (Wildman–Crippen MR) is 90.5 cm³/mol. The first-order valence-corrected chi connectivity index (χ1v) is 8.29. The second-order valence-electron chi connectivity index (χ2n) is 6.50. The molecule has 1 aromatic heterocycles. The van der Waals surface area contributed by atoms with Gasteiger partial charge >= 0.3 is 0 Å². The van der Waals surface area contributed by atoms with Crippen LogP contribution in [0, 0.1) is 11.8 Å². The van der Waals surface area contributed by atoms with E-state index in [0.717, 1.165) is 37.7 Å². The second-order valence-corrected chi connectivity index (χ2v) is 6.50. The van der Waals surface area contributed by atoms with Gasteiger partial charge in [-0.15, -0.1) is 0 Å². The third-order valence-electron chi connectivity index (χ3n) is 3.52. The van der Waals surface area contributed by atoms with Crippen molar-refractivity contribution in [1.29, 1.82) is 0 Å². The molecule has 1 N–H and O–H groups in total. The molecule has 1 rings (SSSR count). The van der Waals surface area contributed by atoms with Crippen molar-refractivity contribution in [3.8, 4) is 0 Å². The monoisotopic (exact) mass is 292 g/mol. The highest BCUT2D eigenvalue weighted by atomic mass is 15.2. The van der Waals surface area contributed by atoms with Gasteiger partial charge in [-0.1, -0.05) is 34.6 Å². The first-order chi connectivity index (χ1) is 10.0. The lowest BCUT2D eigenvalue weighted by Crippen LogP contribution is -2.28. The average Bonchev–Trinajstić information content (AvgIpc) is 2.45. The molecular weight excluding hydrogens is 260 g/mol. The van der Waals surface area contributed by atoms with Crippen LogP contribution in [0.4, 0.5) is 5.82 Å². The van der Waals surface area contributed by atoms with E-state index < -0.39 is 0 Å². The van der Waals surface area contributed by atoms with Gasteiger partial charge in [-0.2, -0.15) is 0 Å². The van der Waals surface area contributed by atoms with Crippen LogP contribution in [0.25, 0.3) is 0 Å². The molecule has 0 atom stereocenters. The molecule has 0 saturated carbocycles. The molecule has 0 saturated heterocycles. The second kappa shape index (κ2) is 9.72. The van der Waals surface area contributed by atoms with Gasteiger partial charge in [0.1, 0.15) is 5.82 Å². The van der Waals surface area contributed by atoms with Crippen molar-refractivity contribution in [2.24, 2.45) is 11.8 Å². The number of nitrogens with one attached hydrogen (secondary N) is 1. The average molecular weight is 292 g/mol. The number of hydrogen-bond donors (Lipinski definition) is 1. The quantitative estimate of drug-likeness (QED) is 0.717. The molecule has 4 nitrogen and oxygen atoms in total. The maximum absolute atomic E-state index is 4.61.